The number of aromatic nitrogens is 1. The van der Waals surface area contributed by atoms with Gasteiger partial charge < -0.3 is 5.32 Å². The maximum atomic E-state index is 4.56. The van der Waals surface area contributed by atoms with Gasteiger partial charge in [-0.2, -0.15) is 0 Å². The van der Waals surface area contributed by atoms with Gasteiger partial charge in [-0.05, 0) is 61.1 Å². The van der Waals surface area contributed by atoms with Gasteiger partial charge in [0.05, 0.1) is 10.2 Å². The van der Waals surface area contributed by atoms with Crippen molar-refractivity contribution in [2.45, 2.75) is 52.1 Å². The van der Waals surface area contributed by atoms with Crippen LogP contribution < -0.4 is 5.32 Å². The van der Waals surface area contributed by atoms with Crippen LogP contribution in [0.4, 0.5) is 0 Å². The standard InChI is InChI=1S/C17H24N2S/c1-11-6-12(2)8-15(7-11)19-13(3)14-9-17-16(18-10-14)4-5-20-17/h4-5,9-13,15,19H,6-8H2,1-3H3. The van der Waals surface area contributed by atoms with Crippen molar-refractivity contribution in [3.05, 3.63) is 29.3 Å². The number of nitrogens with one attached hydrogen (secondary N) is 1. The van der Waals surface area contributed by atoms with Gasteiger partial charge in [0.1, 0.15) is 0 Å². The molecule has 2 aromatic rings. The molecular formula is C17H24N2S. The second kappa shape index (κ2) is 5.82. The van der Waals surface area contributed by atoms with Gasteiger partial charge in [0, 0.05) is 18.3 Å². The Bertz CT molecular complexity index is 567. The second-order valence-electron chi connectivity index (χ2n) is 6.58. The van der Waals surface area contributed by atoms with Gasteiger partial charge in [0.2, 0.25) is 0 Å². The predicted octanol–water partition coefficient (Wildman–Crippen LogP) is 4.77. The van der Waals surface area contributed by atoms with E-state index in [1.54, 1.807) is 11.3 Å². The summed E-state index contributed by atoms with van der Waals surface area (Å²) in [4.78, 5) is 4.56. The molecule has 1 N–H and O–H groups in total. The normalized spacial score (nSPS) is 28.6. The van der Waals surface area contributed by atoms with E-state index in [1.165, 1.54) is 29.5 Å². The molecule has 108 valence electrons. The number of nitrogens with zero attached hydrogens (tertiary/aromatic N) is 1. The molecule has 0 spiro atoms. The highest BCUT2D eigenvalue weighted by molar-refractivity contribution is 7.17. The van der Waals surface area contributed by atoms with E-state index < -0.39 is 0 Å². The Balaban J connectivity index is 1.70. The first-order chi connectivity index (χ1) is 9.61. The van der Waals surface area contributed by atoms with Crippen molar-refractivity contribution in [1.29, 1.82) is 0 Å². The van der Waals surface area contributed by atoms with Gasteiger partial charge in [-0.3, -0.25) is 4.98 Å². The predicted molar refractivity (Wildman–Crippen MR) is 87.1 cm³/mol. The minimum Gasteiger partial charge on any atom is -0.307 e. The summed E-state index contributed by atoms with van der Waals surface area (Å²) in [6.45, 7) is 7.03. The van der Waals surface area contributed by atoms with E-state index in [1.807, 2.05) is 6.20 Å². The Hall–Kier alpha value is -0.930. The first-order valence-corrected chi connectivity index (χ1v) is 8.59. The highest BCUT2D eigenvalue weighted by atomic mass is 32.1. The van der Waals surface area contributed by atoms with E-state index in [-0.39, 0.29) is 0 Å². The molecule has 1 aliphatic carbocycles. The third-order valence-corrected chi connectivity index (χ3v) is 5.34. The summed E-state index contributed by atoms with van der Waals surface area (Å²) in [5.74, 6) is 1.70. The molecule has 20 heavy (non-hydrogen) atoms. The zero-order valence-corrected chi connectivity index (χ0v) is 13.4. The molecular weight excluding hydrogens is 264 g/mol. The van der Waals surface area contributed by atoms with E-state index in [9.17, 15) is 0 Å². The Labute approximate surface area is 125 Å². The Morgan fingerprint density at radius 1 is 1.25 bits per heavy atom. The second-order valence-corrected chi connectivity index (χ2v) is 7.52. The van der Waals surface area contributed by atoms with E-state index in [0.29, 0.717) is 12.1 Å². The lowest BCUT2D eigenvalue weighted by molar-refractivity contribution is 0.228. The van der Waals surface area contributed by atoms with Crippen molar-refractivity contribution in [2.75, 3.05) is 0 Å². The van der Waals surface area contributed by atoms with Gasteiger partial charge >= 0.3 is 0 Å². The lowest BCUT2D eigenvalue weighted by atomic mass is 9.80. The Morgan fingerprint density at radius 2 is 2.00 bits per heavy atom. The molecule has 0 radical (unpaired) electrons. The van der Waals surface area contributed by atoms with Crippen LogP contribution in [-0.2, 0) is 0 Å². The minimum atomic E-state index is 0.386. The molecule has 1 aliphatic rings. The number of fused-ring (bicyclic) bond motifs is 1. The fraction of sp³-hybridized carbons (Fsp3) is 0.588. The van der Waals surface area contributed by atoms with Gasteiger partial charge in [-0.1, -0.05) is 13.8 Å². The summed E-state index contributed by atoms with van der Waals surface area (Å²) in [6, 6.07) is 5.42. The maximum absolute atomic E-state index is 4.56. The molecule has 0 amide bonds. The SMILES string of the molecule is CC1CC(C)CC(NC(C)c2cnc3ccsc3c2)C1. The minimum absolute atomic E-state index is 0.386. The highest BCUT2D eigenvalue weighted by Gasteiger charge is 2.25. The molecule has 1 saturated carbocycles. The molecule has 2 nitrogen and oxygen atoms in total. The first kappa shape index (κ1) is 14.0. The molecule has 0 aliphatic heterocycles. The van der Waals surface area contributed by atoms with Crippen molar-refractivity contribution in [3.8, 4) is 0 Å². The van der Waals surface area contributed by atoms with Crippen LogP contribution in [-0.4, -0.2) is 11.0 Å². The highest BCUT2D eigenvalue weighted by Crippen LogP contribution is 2.30. The lowest BCUT2D eigenvalue weighted by Gasteiger charge is -2.34. The number of hydrogen-bond acceptors (Lipinski definition) is 3. The quantitative estimate of drug-likeness (QED) is 0.880. The van der Waals surface area contributed by atoms with E-state index in [4.69, 9.17) is 0 Å². The van der Waals surface area contributed by atoms with E-state index in [2.05, 4.69) is 48.6 Å². The lowest BCUT2D eigenvalue weighted by Crippen LogP contribution is -2.37. The molecule has 3 heteroatoms. The average Bonchev–Trinajstić information content (AvgIpc) is 2.84. The molecule has 0 bridgehead atoms. The van der Waals surface area contributed by atoms with Crippen molar-refractivity contribution in [1.82, 2.24) is 10.3 Å². The van der Waals surface area contributed by atoms with Crippen LogP contribution in [0.1, 0.15) is 51.6 Å². The molecule has 1 fully saturated rings. The zero-order chi connectivity index (χ0) is 14.1. The van der Waals surface area contributed by atoms with Crippen LogP contribution in [0.5, 0.6) is 0 Å². The van der Waals surface area contributed by atoms with Crippen LogP contribution in [0.25, 0.3) is 10.2 Å². The molecule has 3 atom stereocenters. The van der Waals surface area contributed by atoms with Crippen molar-refractivity contribution >= 4 is 21.6 Å². The van der Waals surface area contributed by atoms with Crippen molar-refractivity contribution < 1.29 is 0 Å². The summed E-state index contributed by atoms with van der Waals surface area (Å²) in [5.41, 5.74) is 2.43. The van der Waals surface area contributed by atoms with Gasteiger partial charge in [0.15, 0.2) is 0 Å². The topological polar surface area (TPSA) is 24.9 Å². The number of rotatable bonds is 3. The smallest absolute Gasteiger partial charge is 0.0809 e. The number of thiophene rings is 1. The Morgan fingerprint density at radius 3 is 2.75 bits per heavy atom. The third kappa shape index (κ3) is 3.04. The first-order valence-electron chi connectivity index (χ1n) is 7.71. The fourth-order valence-corrected chi connectivity index (χ4v) is 4.42. The Kier molecular flexibility index (Phi) is 4.08. The summed E-state index contributed by atoms with van der Waals surface area (Å²) in [5, 5.41) is 5.93. The molecule has 0 saturated heterocycles. The van der Waals surface area contributed by atoms with Crippen LogP contribution in [0.15, 0.2) is 23.7 Å². The summed E-state index contributed by atoms with van der Waals surface area (Å²) in [7, 11) is 0. The number of hydrogen-bond donors (Lipinski definition) is 1. The van der Waals surface area contributed by atoms with Crippen LogP contribution in [0, 0.1) is 11.8 Å². The van der Waals surface area contributed by atoms with Crippen molar-refractivity contribution in [3.63, 3.8) is 0 Å². The molecule has 2 heterocycles. The fourth-order valence-electron chi connectivity index (χ4n) is 3.63. The van der Waals surface area contributed by atoms with E-state index in [0.717, 1.165) is 17.4 Å². The zero-order valence-electron chi connectivity index (χ0n) is 12.6. The third-order valence-electron chi connectivity index (χ3n) is 4.49. The molecule has 3 rings (SSSR count). The maximum Gasteiger partial charge on any atom is 0.0809 e. The summed E-state index contributed by atoms with van der Waals surface area (Å²) in [6.07, 6.45) is 6.03. The average molecular weight is 288 g/mol. The molecule has 2 aromatic heterocycles. The summed E-state index contributed by atoms with van der Waals surface area (Å²) >= 11 is 1.78. The van der Waals surface area contributed by atoms with Gasteiger partial charge in [0.25, 0.3) is 0 Å². The van der Waals surface area contributed by atoms with E-state index >= 15 is 0 Å². The monoisotopic (exact) mass is 288 g/mol. The van der Waals surface area contributed by atoms with Crippen LogP contribution >= 0.6 is 11.3 Å². The summed E-state index contributed by atoms with van der Waals surface area (Å²) < 4.78 is 1.29. The largest absolute Gasteiger partial charge is 0.307 e. The molecule has 3 unspecified atom stereocenters. The van der Waals surface area contributed by atoms with Gasteiger partial charge in [-0.25, -0.2) is 0 Å². The van der Waals surface area contributed by atoms with Gasteiger partial charge in [-0.15, -0.1) is 11.3 Å². The van der Waals surface area contributed by atoms with Crippen LogP contribution in [0.2, 0.25) is 0 Å². The number of pyridine rings is 1. The van der Waals surface area contributed by atoms with Crippen molar-refractivity contribution in [2.24, 2.45) is 11.8 Å². The van der Waals surface area contributed by atoms with Crippen LogP contribution in [0.3, 0.4) is 0 Å². The molecule has 0 aromatic carbocycles.